The molecule has 37 heavy (non-hydrogen) atoms. The first kappa shape index (κ1) is 24.7. The highest BCUT2D eigenvalue weighted by Crippen LogP contribution is 2.28. The minimum Gasteiger partial charge on any atom is -0.489 e. The number of nitrogens with zero attached hydrogens (tertiary/aromatic N) is 7. The van der Waals surface area contributed by atoms with Crippen molar-refractivity contribution < 1.29 is 14.3 Å². The number of hydrogen-bond donors (Lipinski definition) is 1. The van der Waals surface area contributed by atoms with Crippen molar-refractivity contribution in [3.63, 3.8) is 0 Å². The van der Waals surface area contributed by atoms with E-state index in [0.717, 1.165) is 31.5 Å². The smallest absolute Gasteiger partial charge is 0.289 e. The van der Waals surface area contributed by atoms with Crippen molar-refractivity contribution in [1.82, 2.24) is 29.3 Å². The molecule has 1 amide bonds. The number of piperazine rings is 1. The van der Waals surface area contributed by atoms with Crippen LogP contribution < -0.4 is 10.1 Å². The standard InChI is InChI=1S/C26H30N8O3/c1-32-9-11-34(12-10-32)25(35)24-29-17-23(33(24)2)31-26-28-8-5-21(30-26)18-3-4-22(19(15-18)16-27)37-20-6-13-36-14-7-20/h3-5,8,15,17,20H,6-7,9-14H2,1-2H3,(H,28,30,31). The van der Waals surface area contributed by atoms with Crippen LogP contribution in [-0.2, 0) is 11.8 Å². The second-order valence-electron chi connectivity index (χ2n) is 9.26. The lowest BCUT2D eigenvalue weighted by Gasteiger charge is -2.32. The Morgan fingerprint density at radius 2 is 1.92 bits per heavy atom. The molecule has 0 spiro atoms. The van der Waals surface area contributed by atoms with Gasteiger partial charge in [0.2, 0.25) is 11.8 Å². The van der Waals surface area contributed by atoms with Crippen molar-refractivity contribution in [2.24, 2.45) is 7.05 Å². The van der Waals surface area contributed by atoms with Crippen LogP contribution in [0.1, 0.15) is 29.0 Å². The summed E-state index contributed by atoms with van der Waals surface area (Å²) in [6.07, 6.45) is 4.92. The predicted molar refractivity (Wildman–Crippen MR) is 137 cm³/mol. The van der Waals surface area contributed by atoms with Crippen molar-refractivity contribution in [2.75, 3.05) is 51.8 Å². The lowest BCUT2D eigenvalue weighted by molar-refractivity contribution is 0.0254. The van der Waals surface area contributed by atoms with Gasteiger partial charge in [0.15, 0.2) is 0 Å². The predicted octanol–water partition coefficient (Wildman–Crippen LogP) is 2.44. The number of ether oxygens (including phenoxy) is 2. The molecule has 11 nitrogen and oxygen atoms in total. The summed E-state index contributed by atoms with van der Waals surface area (Å²) in [5, 5.41) is 12.9. The maximum absolute atomic E-state index is 13.0. The third-order valence-corrected chi connectivity index (χ3v) is 6.72. The Morgan fingerprint density at radius 3 is 2.68 bits per heavy atom. The summed E-state index contributed by atoms with van der Waals surface area (Å²) >= 11 is 0. The topological polar surface area (TPSA) is 121 Å². The second kappa shape index (κ2) is 10.9. The molecule has 2 aliphatic heterocycles. The molecule has 11 heteroatoms. The van der Waals surface area contributed by atoms with E-state index < -0.39 is 0 Å². The second-order valence-corrected chi connectivity index (χ2v) is 9.26. The summed E-state index contributed by atoms with van der Waals surface area (Å²) in [5.41, 5.74) is 1.88. The Bertz CT molecular complexity index is 1300. The van der Waals surface area contributed by atoms with Gasteiger partial charge in [-0.2, -0.15) is 5.26 Å². The Hall–Kier alpha value is -4.01. The molecule has 0 bridgehead atoms. The van der Waals surface area contributed by atoms with Crippen LogP contribution in [0.2, 0.25) is 0 Å². The highest BCUT2D eigenvalue weighted by atomic mass is 16.5. The van der Waals surface area contributed by atoms with Gasteiger partial charge in [0.25, 0.3) is 5.91 Å². The van der Waals surface area contributed by atoms with E-state index >= 15 is 0 Å². The van der Waals surface area contributed by atoms with Crippen LogP contribution >= 0.6 is 0 Å². The van der Waals surface area contributed by atoms with Gasteiger partial charge in [0.1, 0.15) is 23.7 Å². The SMILES string of the molecule is CN1CCN(C(=O)c2ncc(Nc3nccc(-c4ccc(OC5CCOCC5)c(C#N)c4)n3)n2C)CC1. The quantitative estimate of drug-likeness (QED) is 0.542. The van der Waals surface area contributed by atoms with Gasteiger partial charge < -0.3 is 29.2 Å². The van der Waals surface area contributed by atoms with E-state index in [2.05, 4.69) is 38.3 Å². The molecule has 0 radical (unpaired) electrons. The molecular weight excluding hydrogens is 472 g/mol. The Labute approximate surface area is 215 Å². The molecule has 3 aromatic rings. The molecule has 2 saturated heterocycles. The average Bonchev–Trinajstić information content (AvgIpc) is 3.29. The Morgan fingerprint density at radius 1 is 1.14 bits per heavy atom. The van der Waals surface area contributed by atoms with Gasteiger partial charge >= 0.3 is 0 Å². The zero-order chi connectivity index (χ0) is 25.8. The van der Waals surface area contributed by atoms with Gasteiger partial charge in [-0.3, -0.25) is 4.79 Å². The van der Waals surface area contributed by atoms with Gasteiger partial charge in [-0.05, 0) is 31.3 Å². The van der Waals surface area contributed by atoms with E-state index in [1.165, 1.54) is 0 Å². The molecule has 5 rings (SSSR count). The zero-order valence-electron chi connectivity index (χ0n) is 21.1. The third kappa shape index (κ3) is 5.55. The largest absolute Gasteiger partial charge is 0.489 e. The number of benzene rings is 1. The number of anilines is 2. The first-order chi connectivity index (χ1) is 18.0. The number of amides is 1. The maximum atomic E-state index is 13.0. The van der Waals surface area contributed by atoms with E-state index in [4.69, 9.17) is 9.47 Å². The van der Waals surface area contributed by atoms with Crippen LogP contribution in [-0.4, -0.2) is 87.8 Å². The van der Waals surface area contributed by atoms with Crippen LogP contribution in [0.25, 0.3) is 11.3 Å². The van der Waals surface area contributed by atoms with Gasteiger partial charge in [-0.1, -0.05) is 0 Å². The van der Waals surface area contributed by atoms with Gasteiger partial charge in [-0.25, -0.2) is 15.0 Å². The fraction of sp³-hybridized carbons (Fsp3) is 0.423. The van der Waals surface area contributed by atoms with Gasteiger partial charge in [0, 0.05) is 57.8 Å². The number of aromatic nitrogens is 4. The first-order valence-electron chi connectivity index (χ1n) is 12.4. The minimum atomic E-state index is -0.0922. The number of nitrogens with one attached hydrogen (secondary N) is 1. The summed E-state index contributed by atoms with van der Waals surface area (Å²) in [5.74, 6) is 1.80. The maximum Gasteiger partial charge on any atom is 0.289 e. The normalized spacial score (nSPS) is 16.8. The summed E-state index contributed by atoms with van der Waals surface area (Å²) in [4.78, 5) is 30.3. The number of hydrogen-bond acceptors (Lipinski definition) is 9. The molecule has 0 aliphatic carbocycles. The summed E-state index contributed by atoms with van der Waals surface area (Å²) in [7, 11) is 3.84. The molecule has 2 aromatic heterocycles. The zero-order valence-corrected chi connectivity index (χ0v) is 21.1. The average molecular weight is 503 g/mol. The molecule has 2 aliphatic rings. The van der Waals surface area contributed by atoms with Gasteiger partial charge in [-0.15, -0.1) is 0 Å². The number of carbonyl (C=O) groups is 1. The lowest BCUT2D eigenvalue weighted by atomic mass is 10.1. The van der Waals surface area contributed by atoms with E-state index in [-0.39, 0.29) is 12.0 Å². The summed E-state index contributed by atoms with van der Waals surface area (Å²) in [6, 6.07) is 9.50. The van der Waals surface area contributed by atoms with Crippen LogP contribution in [0.3, 0.4) is 0 Å². The van der Waals surface area contributed by atoms with Crippen molar-refractivity contribution in [1.29, 1.82) is 5.26 Å². The van der Waals surface area contributed by atoms with Crippen molar-refractivity contribution in [3.05, 3.63) is 48.0 Å². The molecule has 1 N–H and O–H groups in total. The number of nitriles is 1. The fourth-order valence-electron chi connectivity index (χ4n) is 4.42. The number of rotatable bonds is 6. The monoisotopic (exact) mass is 502 g/mol. The fourth-order valence-corrected chi connectivity index (χ4v) is 4.42. The molecule has 4 heterocycles. The molecular formula is C26H30N8O3. The third-order valence-electron chi connectivity index (χ3n) is 6.72. The molecule has 0 saturated carbocycles. The first-order valence-corrected chi connectivity index (χ1v) is 12.4. The van der Waals surface area contributed by atoms with Crippen molar-refractivity contribution in [3.8, 4) is 23.1 Å². The van der Waals surface area contributed by atoms with E-state index in [9.17, 15) is 10.1 Å². The Kier molecular flexibility index (Phi) is 7.30. The highest BCUT2D eigenvalue weighted by Gasteiger charge is 2.24. The van der Waals surface area contributed by atoms with E-state index in [1.54, 1.807) is 36.1 Å². The molecule has 2 fully saturated rings. The number of likely N-dealkylation sites (N-methyl/N-ethyl adjacent to an activating group) is 1. The number of imidazole rings is 1. The number of carbonyl (C=O) groups excluding carboxylic acids is 1. The van der Waals surface area contributed by atoms with E-state index in [1.807, 2.05) is 17.0 Å². The molecule has 1 aromatic carbocycles. The van der Waals surface area contributed by atoms with Crippen molar-refractivity contribution >= 4 is 17.7 Å². The molecule has 0 unspecified atom stereocenters. The van der Waals surface area contributed by atoms with Crippen LogP contribution in [0.4, 0.5) is 11.8 Å². The van der Waals surface area contributed by atoms with Crippen LogP contribution in [0, 0.1) is 11.3 Å². The van der Waals surface area contributed by atoms with Crippen LogP contribution in [0.5, 0.6) is 5.75 Å². The molecule has 192 valence electrons. The highest BCUT2D eigenvalue weighted by molar-refractivity contribution is 5.91. The minimum absolute atomic E-state index is 0.0495. The summed E-state index contributed by atoms with van der Waals surface area (Å²) in [6.45, 7) is 4.39. The lowest BCUT2D eigenvalue weighted by Crippen LogP contribution is -2.47. The molecule has 0 atom stereocenters. The summed E-state index contributed by atoms with van der Waals surface area (Å²) < 4.78 is 13.2. The Balaban J connectivity index is 1.31. The van der Waals surface area contributed by atoms with Gasteiger partial charge in [0.05, 0.1) is 30.7 Å². The van der Waals surface area contributed by atoms with E-state index in [0.29, 0.717) is 60.9 Å². The van der Waals surface area contributed by atoms with Crippen molar-refractivity contribution in [2.45, 2.75) is 18.9 Å². The van der Waals surface area contributed by atoms with Crippen LogP contribution in [0.15, 0.2) is 36.7 Å².